The van der Waals surface area contributed by atoms with Crippen LogP contribution in [0.3, 0.4) is 0 Å². The van der Waals surface area contributed by atoms with Gasteiger partial charge < -0.3 is 0 Å². The van der Waals surface area contributed by atoms with Gasteiger partial charge in [-0.25, -0.2) is 0 Å². The first-order chi connectivity index (χ1) is 9.51. The van der Waals surface area contributed by atoms with Gasteiger partial charge in [-0.3, -0.25) is 4.68 Å². The Balaban J connectivity index is 2.11. The van der Waals surface area contributed by atoms with Gasteiger partial charge in [0.05, 0.1) is 15.9 Å². The molecule has 0 aliphatic carbocycles. The maximum Gasteiger partial charge on any atom is 0.0738 e. The molecule has 0 radical (unpaired) electrons. The number of aryl methyl sites for hydroxylation is 3. The van der Waals surface area contributed by atoms with Gasteiger partial charge in [-0.2, -0.15) is 5.10 Å². The third kappa shape index (κ3) is 3.64. The molecule has 1 unspecified atom stereocenters. The van der Waals surface area contributed by atoms with E-state index in [0.29, 0.717) is 11.8 Å². The van der Waals surface area contributed by atoms with Crippen molar-refractivity contribution in [2.75, 3.05) is 5.88 Å². The van der Waals surface area contributed by atoms with E-state index >= 15 is 0 Å². The van der Waals surface area contributed by atoms with Crippen molar-refractivity contribution in [2.45, 2.75) is 26.7 Å². The summed E-state index contributed by atoms with van der Waals surface area (Å²) in [5.41, 5.74) is 4.89. The SMILES string of the molecule is Cc1ccc(CC(CCl)Cc2c(Br)c(C)nn2C)cc1. The molecule has 0 saturated heterocycles. The second kappa shape index (κ2) is 6.77. The van der Waals surface area contributed by atoms with E-state index < -0.39 is 0 Å². The lowest BCUT2D eigenvalue weighted by molar-refractivity contribution is 0.550. The van der Waals surface area contributed by atoms with Crippen molar-refractivity contribution in [3.05, 3.63) is 51.3 Å². The summed E-state index contributed by atoms with van der Waals surface area (Å²) in [6, 6.07) is 8.70. The fourth-order valence-electron chi connectivity index (χ4n) is 2.41. The molecule has 1 aromatic carbocycles. The van der Waals surface area contributed by atoms with Gasteiger partial charge in [-0.05, 0) is 54.1 Å². The average molecular weight is 356 g/mol. The van der Waals surface area contributed by atoms with Gasteiger partial charge in [0.2, 0.25) is 0 Å². The molecule has 108 valence electrons. The normalized spacial score (nSPS) is 12.7. The number of nitrogens with zero attached hydrogens (tertiary/aromatic N) is 2. The van der Waals surface area contributed by atoms with Crippen molar-refractivity contribution < 1.29 is 0 Å². The second-order valence-electron chi connectivity index (χ2n) is 5.38. The van der Waals surface area contributed by atoms with E-state index in [1.165, 1.54) is 16.8 Å². The first-order valence-electron chi connectivity index (χ1n) is 6.80. The fourth-order valence-corrected chi connectivity index (χ4v) is 3.13. The summed E-state index contributed by atoms with van der Waals surface area (Å²) in [5.74, 6) is 1.08. The Hall–Kier alpha value is -0.800. The van der Waals surface area contributed by atoms with Crippen LogP contribution in [-0.4, -0.2) is 15.7 Å². The molecular formula is C16H20BrClN2. The van der Waals surface area contributed by atoms with Crippen molar-refractivity contribution >= 4 is 27.5 Å². The number of aromatic nitrogens is 2. The van der Waals surface area contributed by atoms with Crippen molar-refractivity contribution in [3.63, 3.8) is 0 Å². The van der Waals surface area contributed by atoms with E-state index in [2.05, 4.69) is 52.2 Å². The van der Waals surface area contributed by atoms with Crippen LogP contribution in [-0.2, 0) is 19.9 Å². The van der Waals surface area contributed by atoms with Crippen LogP contribution in [0.5, 0.6) is 0 Å². The molecule has 0 bridgehead atoms. The Morgan fingerprint density at radius 2 is 1.85 bits per heavy atom. The molecule has 0 aliphatic rings. The number of hydrogen-bond donors (Lipinski definition) is 0. The van der Waals surface area contributed by atoms with Gasteiger partial charge in [0.1, 0.15) is 0 Å². The minimum Gasteiger partial charge on any atom is -0.271 e. The Kier molecular flexibility index (Phi) is 5.28. The Bertz CT molecular complexity index is 575. The molecule has 1 heterocycles. The highest BCUT2D eigenvalue weighted by Crippen LogP contribution is 2.25. The Labute approximate surface area is 134 Å². The lowest BCUT2D eigenvalue weighted by Gasteiger charge is -2.15. The molecule has 1 atom stereocenters. The summed E-state index contributed by atoms with van der Waals surface area (Å²) in [6.45, 7) is 4.13. The summed E-state index contributed by atoms with van der Waals surface area (Å²) in [7, 11) is 1.99. The van der Waals surface area contributed by atoms with Crippen LogP contribution >= 0.6 is 27.5 Å². The van der Waals surface area contributed by atoms with Crippen molar-refractivity contribution in [1.29, 1.82) is 0 Å². The summed E-state index contributed by atoms with van der Waals surface area (Å²) in [6.07, 6.45) is 1.94. The van der Waals surface area contributed by atoms with Gasteiger partial charge >= 0.3 is 0 Å². The maximum atomic E-state index is 6.17. The molecule has 2 nitrogen and oxygen atoms in total. The highest BCUT2D eigenvalue weighted by atomic mass is 79.9. The zero-order valence-electron chi connectivity index (χ0n) is 12.2. The predicted octanol–water partition coefficient (Wildman–Crippen LogP) is 4.44. The van der Waals surface area contributed by atoms with Gasteiger partial charge in [-0.15, -0.1) is 11.6 Å². The minimum absolute atomic E-state index is 0.422. The highest BCUT2D eigenvalue weighted by Gasteiger charge is 2.16. The Morgan fingerprint density at radius 3 is 2.35 bits per heavy atom. The lowest BCUT2D eigenvalue weighted by Crippen LogP contribution is -2.13. The number of benzene rings is 1. The third-order valence-corrected chi connectivity index (χ3v) is 5.07. The summed E-state index contributed by atoms with van der Waals surface area (Å²) < 4.78 is 3.06. The molecular weight excluding hydrogens is 336 g/mol. The molecule has 20 heavy (non-hydrogen) atoms. The van der Waals surface area contributed by atoms with E-state index in [0.717, 1.165) is 23.0 Å². The number of alkyl halides is 1. The van der Waals surface area contributed by atoms with Crippen LogP contribution in [0, 0.1) is 19.8 Å². The monoisotopic (exact) mass is 354 g/mol. The maximum absolute atomic E-state index is 6.17. The minimum atomic E-state index is 0.422. The molecule has 0 N–H and O–H groups in total. The molecule has 0 fully saturated rings. The van der Waals surface area contributed by atoms with Crippen LogP contribution in [0.1, 0.15) is 22.5 Å². The first kappa shape index (κ1) is 15.6. The van der Waals surface area contributed by atoms with Crippen molar-refractivity contribution in [3.8, 4) is 0 Å². The van der Waals surface area contributed by atoms with Crippen LogP contribution in [0.2, 0.25) is 0 Å². The van der Waals surface area contributed by atoms with Gasteiger partial charge in [-0.1, -0.05) is 29.8 Å². The van der Waals surface area contributed by atoms with E-state index in [1.807, 2.05) is 18.7 Å². The smallest absolute Gasteiger partial charge is 0.0738 e. The van der Waals surface area contributed by atoms with Crippen LogP contribution < -0.4 is 0 Å². The summed E-state index contributed by atoms with van der Waals surface area (Å²) in [5, 5.41) is 4.44. The van der Waals surface area contributed by atoms with Gasteiger partial charge in [0, 0.05) is 12.9 Å². The quantitative estimate of drug-likeness (QED) is 0.725. The molecule has 4 heteroatoms. The van der Waals surface area contributed by atoms with Crippen molar-refractivity contribution in [2.24, 2.45) is 13.0 Å². The molecule has 0 amide bonds. The molecule has 2 aromatic rings. The standard InChI is InChI=1S/C16H20BrClN2/c1-11-4-6-13(7-5-11)8-14(10-18)9-15-16(17)12(2)19-20(15)3/h4-7,14H,8-10H2,1-3H3. The third-order valence-electron chi connectivity index (χ3n) is 3.61. The molecule has 1 aromatic heterocycles. The van der Waals surface area contributed by atoms with Crippen molar-refractivity contribution in [1.82, 2.24) is 9.78 Å². The lowest BCUT2D eigenvalue weighted by atomic mass is 9.96. The topological polar surface area (TPSA) is 17.8 Å². The number of hydrogen-bond acceptors (Lipinski definition) is 1. The summed E-state index contributed by atoms with van der Waals surface area (Å²) >= 11 is 9.79. The zero-order valence-corrected chi connectivity index (χ0v) is 14.5. The highest BCUT2D eigenvalue weighted by molar-refractivity contribution is 9.10. The van der Waals surface area contributed by atoms with E-state index in [1.54, 1.807) is 0 Å². The van der Waals surface area contributed by atoms with Gasteiger partial charge in [0.25, 0.3) is 0 Å². The second-order valence-corrected chi connectivity index (χ2v) is 6.49. The van der Waals surface area contributed by atoms with Crippen LogP contribution in [0.25, 0.3) is 0 Å². The Morgan fingerprint density at radius 1 is 1.20 bits per heavy atom. The molecule has 2 rings (SSSR count). The summed E-state index contributed by atoms with van der Waals surface area (Å²) in [4.78, 5) is 0. The van der Waals surface area contributed by atoms with E-state index in [9.17, 15) is 0 Å². The average Bonchev–Trinajstić information content (AvgIpc) is 2.66. The number of rotatable bonds is 5. The van der Waals surface area contributed by atoms with Gasteiger partial charge in [0.15, 0.2) is 0 Å². The largest absolute Gasteiger partial charge is 0.271 e. The van der Waals surface area contributed by atoms with E-state index in [4.69, 9.17) is 11.6 Å². The fraction of sp³-hybridized carbons (Fsp3) is 0.438. The van der Waals surface area contributed by atoms with Crippen LogP contribution in [0.15, 0.2) is 28.7 Å². The molecule has 0 aliphatic heterocycles. The predicted molar refractivity (Wildman–Crippen MR) is 88.4 cm³/mol. The van der Waals surface area contributed by atoms with E-state index in [-0.39, 0.29) is 0 Å². The zero-order chi connectivity index (χ0) is 14.7. The molecule has 0 saturated carbocycles. The van der Waals surface area contributed by atoms with Crippen LogP contribution in [0.4, 0.5) is 0 Å². The molecule has 0 spiro atoms. The first-order valence-corrected chi connectivity index (χ1v) is 8.13. The number of halogens is 2.